The van der Waals surface area contributed by atoms with Crippen LogP contribution in [-0.2, 0) is 24.7 Å². The molecule has 186 valence electrons. The second-order valence-electron chi connectivity index (χ2n) is 9.12. The van der Waals surface area contributed by atoms with Gasteiger partial charge in [-0.25, -0.2) is 4.98 Å². The molecule has 0 radical (unpaired) electrons. The Balaban J connectivity index is 1.46. The Bertz CT molecular complexity index is 1410. The summed E-state index contributed by atoms with van der Waals surface area (Å²) in [6.45, 7) is 3.98. The molecule has 1 aliphatic rings. The first-order chi connectivity index (χ1) is 17.1. The number of nitrogens with one attached hydrogen (secondary N) is 1. The molecule has 0 saturated heterocycles. The molecular weight excluding hydrogens is 471 g/mol. The summed E-state index contributed by atoms with van der Waals surface area (Å²) in [7, 11) is 0. The zero-order valence-electron chi connectivity index (χ0n) is 19.7. The second-order valence-corrected chi connectivity index (χ2v) is 9.12. The summed E-state index contributed by atoms with van der Waals surface area (Å²) in [4.78, 5) is 8.53. The predicted molar refractivity (Wildman–Crippen MR) is 128 cm³/mol. The molecule has 0 atom stereocenters. The van der Waals surface area contributed by atoms with E-state index < -0.39 is 17.3 Å². The molecule has 0 saturated carbocycles. The molecule has 0 spiro atoms. The Kier molecular flexibility index (Phi) is 5.91. The summed E-state index contributed by atoms with van der Waals surface area (Å²) in [5.74, 6) is 1.39. The van der Waals surface area contributed by atoms with E-state index >= 15 is 0 Å². The average molecular weight is 496 g/mol. The Morgan fingerprint density at radius 1 is 1.03 bits per heavy atom. The number of aromatic nitrogens is 4. The van der Waals surface area contributed by atoms with Gasteiger partial charge >= 0.3 is 6.18 Å². The quantitative estimate of drug-likeness (QED) is 0.338. The molecule has 2 N–H and O–H groups in total. The van der Waals surface area contributed by atoms with Crippen molar-refractivity contribution in [1.82, 2.24) is 19.7 Å². The molecule has 3 aromatic heterocycles. The second kappa shape index (κ2) is 8.94. The molecule has 0 bridgehead atoms. The number of hydrogen-bond acceptors (Lipinski definition) is 6. The number of ether oxygens (including phenoxy) is 1. The van der Waals surface area contributed by atoms with Crippen molar-refractivity contribution in [2.45, 2.75) is 45.0 Å². The maximum atomic E-state index is 13.3. The van der Waals surface area contributed by atoms with Crippen molar-refractivity contribution in [3.05, 3.63) is 77.9 Å². The van der Waals surface area contributed by atoms with E-state index in [9.17, 15) is 18.3 Å². The van der Waals surface area contributed by atoms with Crippen molar-refractivity contribution in [1.29, 1.82) is 0 Å². The SMILES string of the molecule is CC(C)(O)c1cc(Nc2cc(Oc3c(-c4cccc(C(F)(F)F)c4)nn4c3CCC4)ccn2)ccn1. The van der Waals surface area contributed by atoms with Gasteiger partial charge in [0.05, 0.1) is 17.0 Å². The van der Waals surface area contributed by atoms with Gasteiger partial charge in [-0.05, 0) is 57.0 Å². The van der Waals surface area contributed by atoms with Gasteiger partial charge in [0, 0.05) is 36.3 Å². The van der Waals surface area contributed by atoms with Crippen LogP contribution in [0.2, 0.25) is 0 Å². The van der Waals surface area contributed by atoms with E-state index in [1.165, 1.54) is 6.07 Å². The highest BCUT2D eigenvalue weighted by Gasteiger charge is 2.32. The van der Waals surface area contributed by atoms with Crippen LogP contribution >= 0.6 is 0 Å². The minimum atomic E-state index is -4.46. The summed E-state index contributed by atoms with van der Waals surface area (Å²) in [5.41, 5.74) is 0.897. The van der Waals surface area contributed by atoms with Gasteiger partial charge in [-0.3, -0.25) is 9.67 Å². The van der Waals surface area contributed by atoms with E-state index in [1.54, 1.807) is 61.3 Å². The van der Waals surface area contributed by atoms with Crippen LogP contribution < -0.4 is 10.1 Å². The summed E-state index contributed by atoms with van der Waals surface area (Å²) in [5, 5.41) is 18.0. The Labute approximate surface area is 205 Å². The molecule has 1 aliphatic heterocycles. The highest BCUT2D eigenvalue weighted by Crippen LogP contribution is 2.41. The molecule has 4 aromatic rings. The number of nitrogens with zero attached hydrogens (tertiary/aromatic N) is 4. The summed E-state index contributed by atoms with van der Waals surface area (Å²) in [6, 6.07) is 12.0. The molecule has 0 aliphatic carbocycles. The van der Waals surface area contributed by atoms with Gasteiger partial charge in [-0.2, -0.15) is 18.3 Å². The molecular formula is C26H24F3N5O2. The minimum absolute atomic E-state index is 0.338. The topological polar surface area (TPSA) is 85.1 Å². The van der Waals surface area contributed by atoms with Gasteiger partial charge in [-0.1, -0.05) is 12.1 Å². The summed E-state index contributed by atoms with van der Waals surface area (Å²) >= 11 is 0. The number of aliphatic hydroxyl groups is 1. The van der Waals surface area contributed by atoms with Crippen molar-refractivity contribution in [2.24, 2.45) is 0 Å². The van der Waals surface area contributed by atoms with E-state index in [1.807, 2.05) is 0 Å². The maximum Gasteiger partial charge on any atom is 0.416 e. The Morgan fingerprint density at radius 2 is 1.83 bits per heavy atom. The monoisotopic (exact) mass is 495 g/mol. The fourth-order valence-electron chi connectivity index (χ4n) is 4.09. The third-order valence-electron chi connectivity index (χ3n) is 5.87. The van der Waals surface area contributed by atoms with Gasteiger partial charge in [0.15, 0.2) is 5.75 Å². The molecule has 1 aromatic carbocycles. The van der Waals surface area contributed by atoms with Crippen LogP contribution in [0.4, 0.5) is 24.7 Å². The lowest BCUT2D eigenvalue weighted by Crippen LogP contribution is -2.17. The van der Waals surface area contributed by atoms with E-state index in [2.05, 4.69) is 20.4 Å². The van der Waals surface area contributed by atoms with Crippen molar-refractivity contribution in [2.75, 3.05) is 5.32 Å². The smallest absolute Gasteiger partial charge is 0.416 e. The maximum absolute atomic E-state index is 13.3. The van der Waals surface area contributed by atoms with Crippen LogP contribution in [0.3, 0.4) is 0 Å². The third-order valence-corrected chi connectivity index (χ3v) is 5.87. The zero-order chi connectivity index (χ0) is 25.5. The standard InChI is InChI=1S/C26H24F3N5O2/c1-25(2,35)21-14-18(8-10-30-21)32-22-15-19(9-11-31-22)36-24-20-7-4-12-34(20)33-23(24)16-5-3-6-17(13-16)26(27,28)29/h3,5-6,8-11,13-15,35H,4,7,12H2,1-2H3,(H,30,31,32). The Hall–Kier alpha value is -3.92. The lowest BCUT2D eigenvalue weighted by molar-refractivity contribution is -0.137. The van der Waals surface area contributed by atoms with Gasteiger partial charge in [0.2, 0.25) is 0 Å². The molecule has 0 unspecified atom stereocenters. The van der Waals surface area contributed by atoms with E-state index in [0.29, 0.717) is 52.9 Å². The average Bonchev–Trinajstić information content (AvgIpc) is 3.41. The molecule has 4 heterocycles. The highest BCUT2D eigenvalue weighted by atomic mass is 19.4. The van der Waals surface area contributed by atoms with Crippen molar-refractivity contribution < 1.29 is 23.0 Å². The lowest BCUT2D eigenvalue weighted by atomic mass is 10.0. The van der Waals surface area contributed by atoms with Gasteiger partial charge in [-0.15, -0.1) is 0 Å². The van der Waals surface area contributed by atoms with Crippen molar-refractivity contribution in [3.8, 4) is 22.8 Å². The van der Waals surface area contributed by atoms with Gasteiger partial charge in [0.1, 0.15) is 22.9 Å². The number of hydrogen-bond donors (Lipinski definition) is 2. The van der Waals surface area contributed by atoms with Crippen LogP contribution in [0.15, 0.2) is 60.9 Å². The fourth-order valence-corrected chi connectivity index (χ4v) is 4.09. The first kappa shape index (κ1) is 23.8. The lowest BCUT2D eigenvalue weighted by Gasteiger charge is -2.17. The molecule has 7 nitrogen and oxygen atoms in total. The first-order valence-corrected chi connectivity index (χ1v) is 11.4. The van der Waals surface area contributed by atoms with Crippen LogP contribution in [-0.4, -0.2) is 24.9 Å². The number of pyridine rings is 2. The summed E-state index contributed by atoms with van der Waals surface area (Å²) < 4.78 is 48.0. The van der Waals surface area contributed by atoms with Crippen LogP contribution in [0.5, 0.6) is 11.5 Å². The number of aryl methyl sites for hydroxylation is 1. The Morgan fingerprint density at radius 3 is 2.61 bits per heavy atom. The van der Waals surface area contributed by atoms with Crippen LogP contribution in [0, 0.1) is 0 Å². The number of anilines is 2. The third kappa shape index (κ3) is 4.90. The van der Waals surface area contributed by atoms with Crippen LogP contribution in [0.25, 0.3) is 11.3 Å². The van der Waals surface area contributed by atoms with Crippen LogP contribution in [0.1, 0.15) is 37.2 Å². The van der Waals surface area contributed by atoms with E-state index in [-0.39, 0.29) is 0 Å². The summed E-state index contributed by atoms with van der Waals surface area (Å²) in [6.07, 6.45) is 0.310. The van der Waals surface area contributed by atoms with Crippen molar-refractivity contribution >= 4 is 11.5 Å². The number of rotatable bonds is 6. The zero-order valence-corrected chi connectivity index (χ0v) is 19.7. The first-order valence-electron chi connectivity index (χ1n) is 11.4. The largest absolute Gasteiger partial charge is 0.453 e. The molecule has 10 heteroatoms. The van der Waals surface area contributed by atoms with Gasteiger partial charge < -0.3 is 15.2 Å². The number of benzene rings is 1. The fraction of sp³-hybridized carbons (Fsp3) is 0.269. The number of halogens is 3. The molecule has 36 heavy (non-hydrogen) atoms. The number of fused-ring (bicyclic) bond motifs is 1. The van der Waals surface area contributed by atoms with E-state index in [0.717, 1.165) is 24.2 Å². The number of alkyl halides is 3. The van der Waals surface area contributed by atoms with Crippen molar-refractivity contribution in [3.63, 3.8) is 0 Å². The van der Waals surface area contributed by atoms with E-state index in [4.69, 9.17) is 4.74 Å². The predicted octanol–water partition coefficient (Wildman–Crippen LogP) is 6.07. The normalized spacial score (nSPS) is 13.5. The van der Waals surface area contributed by atoms with Gasteiger partial charge in [0.25, 0.3) is 0 Å². The molecule has 5 rings (SSSR count). The molecule has 0 fully saturated rings. The molecule has 0 amide bonds. The minimum Gasteiger partial charge on any atom is -0.453 e. The highest BCUT2D eigenvalue weighted by molar-refractivity contribution is 5.69.